The molecule has 0 spiro atoms. The van der Waals surface area contributed by atoms with Crippen LogP contribution in [0, 0.1) is 0 Å². The standard InChI is InChI=1S/C10H8O4/c1-13-9-4-6-2-3-10(12)14-8(6)5-7(9)11/h2-5,11H,1H3/i2D,3D,4D. The lowest BCUT2D eigenvalue weighted by molar-refractivity contribution is 0.373. The van der Waals surface area contributed by atoms with E-state index in [1.165, 1.54) is 7.11 Å². The van der Waals surface area contributed by atoms with Gasteiger partial charge in [-0.05, 0) is 12.1 Å². The second kappa shape index (κ2) is 3.06. The van der Waals surface area contributed by atoms with Crippen LogP contribution in [-0.2, 0) is 0 Å². The third-order valence-corrected chi connectivity index (χ3v) is 1.68. The molecule has 0 fully saturated rings. The molecule has 0 unspecified atom stereocenters. The van der Waals surface area contributed by atoms with E-state index in [0.29, 0.717) is 0 Å². The number of benzene rings is 1. The number of phenols is 1. The smallest absolute Gasteiger partial charge is 0.336 e. The summed E-state index contributed by atoms with van der Waals surface area (Å²) >= 11 is 0. The van der Waals surface area contributed by atoms with E-state index in [9.17, 15) is 9.90 Å². The van der Waals surface area contributed by atoms with E-state index in [0.717, 1.165) is 6.07 Å². The third-order valence-electron chi connectivity index (χ3n) is 1.68. The molecule has 0 saturated heterocycles. The zero-order valence-corrected chi connectivity index (χ0v) is 7.25. The molecule has 1 aromatic carbocycles. The highest BCUT2D eigenvalue weighted by Gasteiger charge is 2.05. The van der Waals surface area contributed by atoms with Crippen molar-refractivity contribution in [3.63, 3.8) is 0 Å². The van der Waals surface area contributed by atoms with E-state index < -0.39 is 17.7 Å². The Morgan fingerprint density at radius 3 is 3.07 bits per heavy atom. The first kappa shape index (κ1) is 5.70. The SMILES string of the molecule is [2H]c1c([2H])c2c([2H])c(OC)c(O)cc2oc1=O. The fourth-order valence-electron chi connectivity index (χ4n) is 1.07. The van der Waals surface area contributed by atoms with Crippen molar-refractivity contribution in [2.45, 2.75) is 0 Å². The van der Waals surface area contributed by atoms with Gasteiger partial charge in [-0.15, -0.1) is 0 Å². The molecule has 1 heterocycles. The lowest BCUT2D eigenvalue weighted by Crippen LogP contribution is -1.94. The summed E-state index contributed by atoms with van der Waals surface area (Å²) in [5.74, 6) is -0.482. The maximum absolute atomic E-state index is 11.2. The van der Waals surface area contributed by atoms with Crippen LogP contribution in [0.3, 0.4) is 0 Å². The van der Waals surface area contributed by atoms with Gasteiger partial charge in [0.2, 0.25) is 0 Å². The monoisotopic (exact) mass is 195 g/mol. The molecule has 1 aromatic heterocycles. The van der Waals surface area contributed by atoms with Crippen molar-refractivity contribution in [3.8, 4) is 11.5 Å². The Bertz CT molecular complexity index is 663. The number of hydrogen-bond donors (Lipinski definition) is 1. The highest BCUT2D eigenvalue weighted by atomic mass is 16.5. The van der Waals surface area contributed by atoms with Gasteiger partial charge in [0.15, 0.2) is 11.5 Å². The fraction of sp³-hybridized carbons (Fsp3) is 0.100. The summed E-state index contributed by atoms with van der Waals surface area (Å²) in [6.45, 7) is 0. The average molecular weight is 195 g/mol. The van der Waals surface area contributed by atoms with Crippen LogP contribution in [0.25, 0.3) is 11.0 Å². The molecular formula is C10H8O4. The van der Waals surface area contributed by atoms with Crippen LogP contribution in [0.2, 0.25) is 0 Å². The van der Waals surface area contributed by atoms with Crippen molar-refractivity contribution >= 4 is 11.0 Å². The first-order valence-corrected chi connectivity index (χ1v) is 3.78. The molecular weight excluding hydrogens is 184 g/mol. The number of ether oxygens (including phenoxy) is 1. The Morgan fingerprint density at radius 2 is 2.36 bits per heavy atom. The molecule has 1 N–H and O–H groups in total. The topological polar surface area (TPSA) is 59.7 Å². The molecule has 0 aliphatic carbocycles. The van der Waals surface area contributed by atoms with Gasteiger partial charge in [-0.3, -0.25) is 0 Å². The van der Waals surface area contributed by atoms with E-state index in [1.54, 1.807) is 0 Å². The predicted octanol–water partition coefficient (Wildman–Crippen LogP) is 1.51. The van der Waals surface area contributed by atoms with Gasteiger partial charge in [0.05, 0.1) is 11.2 Å². The van der Waals surface area contributed by atoms with E-state index in [-0.39, 0.29) is 28.5 Å². The van der Waals surface area contributed by atoms with Gasteiger partial charge < -0.3 is 14.3 Å². The van der Waals surface area contributed by atoms with Gasteiger partial charge in [-0.25, -0.2) is 4.79 Å². The molecule has 4 heteroatoms. The molecule has 0 aliphatic rings. The first-order chi connectivity index (χ1) is 7.97. The molecule has 14 heavy (non-hydrogen) atoms. The molecule has 0 amide bonds. The molecule has 0 aliphatic heterocycles. The van der Waals surface area contributed by atoms with Gasteiger partial charge >= 0.3 is 5.63 Å². The third kappa shape index (κ3) is 1.31. The van der Waals surface area contributed by atoms with Crippen LogP contribution in [-0.4, -0.2) is 12.2 Å². The second-order valence-corrected chi connectivity index (χ2v) is 2.57. The molecule has 0 radical (unpaired) electrons. The molecule has 72 valence electrons. The highest BCUT2D eigenvalue weighted by Crippen LogP contribution is 2.30. The fourth-order valence-corrected chi connectivity index (χ4v) is 1.07. The number of rotatable bonds is 1. The van der Waals surface area contributed by atoms with Crippen LogP contribution in [0.15, 0.2) is 33.4 Å². The first-order valence-electron chi connectivity index (χ1n) is 5.28. The zero-order chi connectivity index (χ0) is 12.7. The van der Waals surface area contributed by atoms with Gasteiger partial charge in [0.1, 0.15) is 5.58 Å². The summed E-state index contributed by atoms with van der Waals surface area (Å²) in [7, 11) is 1.27. The van der Waals surface area contributed by atoms with Crippen LogP contribution < -0.4 is 10.4 Å². The van der Waals surface area contributed by atoms with Crippen molar-refractivity contribution in [2.24, 2.45) is 0 Å². The van der Waals surface area contributed by atoms with Crippen molar-refractivity contribution in [1.82, 2.24) is 0 Å². The summed E-state index contributed by atoms with van der Waals surface area (Å²) < 4.78 is 32.2. The number of aromatic hydroxyl groups is 1. The maximum Gasteiger partial charge on any atom is 0.336 e. The van der Waals surface area contributed by atoms with Crippen LogP contribution >= 0.6 is 0 Å². The summed E-state index contributed by atoms with van der Waals surface area (Å²) in [6, 6.07) is -0.242. The minimum atomic E-state index is -0.980. The summed E-state index contributed by atoms with van der Waals surface area (Å²) in [5, 5.41) is 9.49. The Kier molecular flexibility index (Phi) is 1.25. The number of methoxy groups -OCH3 is 1. The normalized spacial score (nSPS) is 13.4. The van der Waals surface area contributed by atoms with Crippen molar-refractivity contribution < 1.29 is 18.4 Å². The largest absolute Gasteiger partial charge is 0.504 e. The maximum atomic E-state index is 11.2. The highest BCUT2D eigenvalue weighted by molar-refractivity contribution is 5.80. The lowest BCUT2D eigenvalue weighted by Gasteiger charge is -2.03. The van der Waals surface area contributed by atoms with E-state index in [2.05, 4.69) is 0 Å². The molecule has 0 atom stereocenters. The van der Waals surface area contributed by atoms with Crippen LogP contribution in [0.4, 0.5) is 0 Å². The van der Waals surface area contributed by atoms with Crippen molar-refractivity contribution in [3.05, 3.63) is 34.6 Å². The molecule has 2 aromatic rings. The molecule has 0 bridgehead atoms. The Hall–Kier alpha value is -1.97. The number of hydrogen-bond acceptors (Lipinski definition) is 4. The quantitative estimate of drug-likeness (QED) is 0.700. The summed E-state index contributed by atoms with van der Waals surface area (Å²) in [5.41, 5.74) is -1.09. The summed E-state index contributed by atoms with van der Waals surface area (Å²) in [4.78, 5) is 11.2. The van der Waals surface area contributed by atoms with Gasteiger partial charge in [-0.2, -0.15) is 0 Å². The second-order valence-electron chi connectivity index (χ2n) is 2.57. The van der Waals surface area contributed by atoms with E-state index in [1.807, 2.05) is 0 Å². The lowest BCUT2D eigenvalue weighted by atomic mass is 10.2. The minimum Gasteiger partial charge on any atom is -0.504 e. The zero-order valence-electron chi connectivity index (χ0n) is 10.2. The van der Waals surface area contributed by atoms with Crippen LogP contribution in [0.1, 0.15) is 4.11 Å². The Balaban J connectivity index is 3.04. The van der Waals surface area contributed by atoms with Crippen molar-refractivity contribution in [1.29, 1.82) is 0 Å². The van der Waals surface area contributed by atoms with Crippen molar-refractivity contribution in [2.75, 3.05) is 7.11 Å². The van der Waals surface area contributed by atoms with Crippen LogP contribution in [0.5, 0.6) is 11.5 Å². The van der Waals surface area contributed by atoms with E-state index >= 15 is 0 Å². The van der Waals surface area contributed by atoms with E-state index in [4.69, 9.17) is 13.3 Å². The Morgan fingerprint density at radius 1 is 1.57 bits per heavy atom. The Labute approximate surface area is 83.6 Å². The summed E-state index contributed by atoms with van der Waals surface area (Å²) in [6.07, 6.45) is 0. The number of phenolic OH excluding ortho intramolecular Hbond substituents is 1. The predicted molar refractivity (Wildman–Crippen MR) is 50.7 cm³/mol. The number of fused-ring (bicyclic) bond motifs is 1. The molecule has 0 saturated carbocycles. The van der Waals surface area contributed by atoms with Gasteiger partial charge in [-0.1, -0.05) is 0 Å². The minimum absolute atomic E-state index is 0.0377. The van der Waals surface area contributed by atoms with Gasteiger partial charge in [0, 0.05) is 17.5 Å². The van der Waals surface area contributed by atoms with Gasteiger partial charge in [0.25, 0.3) is 0 Å². The molecule has 2 rings (SSSR count). The molecule has 4 nitrogen and oxygen atoms in total. The average Bonchev–Trinajstić information content (AvgIpc) is 2.26.